The molecule has 15 nitrogen and oxygen atoms in total. The van der Waals surface area contributed by atoms with E-state index in [9.17, 15) is 0 Å². The molecule has 23 heteroatoms. The number of halogens is 4. The number of nitrogens with zero attached hydrogens (tertiary/aromatic N) is 15. The molecule has 17 aromatic rings. The molecule has 0 radical (unpaired) electrons. The Bertz CT molecular complexity index is 5200. The molecule has 11 aromatic heterocycles. The summed E-state index contributed by atoms with van der Waals surface area (Å²) in [5.41, 5.74) is 10.2. The van der Waals surface area contributed by atoms with Crippen molar-refractivity contribution in [3.8, 4) is 79.7 Å². The molecule has 614 valence electrons. The minimum Gasteiger partial charge on any atom is -0.255 e. The molecular formula is C99H91Cl4N15P2PdSn. The van der Waals surface area contributed by atoms with Crippen molar-refractivity contribution in [2.75, 3.05) is 0 Å². The summed E-state index contributed by atoms with van der Waals surface area (Å²) in [7, 11) is 8.74. The fourth-order valence-electron chi connectivity index (χ4n) is 13.0. The van der Waals surface area contributed by atoms with Gasteiger partial charge in [0.05, 0.1) is 45.6 Å². The van der Waals surface area contributed by atoms with E-state index in [0.29, 0.717) is 67.2 Å². The van der Waals surface area contributed by atoms with Crippen molar-refractivity contribution in [1.82, 2.24) is 75.7 Å². The zero-order chi connectivity index (χ0) is 84.9. The maximum atomic E-state index is 5.72. The van der Waals surface area contributed by atoms with Gasteiger partial charge in [0, 0.05) is 24.8 Å². The van der Waals surface area contributed by atoms with Crippen molar-refractivity contribution in [3.63, 3.8) is 0 Å². The number of pyridine rings is 7. The van der Waals surface area contributed by atoms with Crippen molar-refractivity contribution in [3.05, 3.63) is 399 Å². The molecule has 0 spiro atoms. The van der Waals surface area contributed by atoms with E-state index in [-0.39, 0.29) is 15.9 Å². The van der Waals surface area contributed by atoms with Crippen LogP contribution in [0.4, 0.5) is 0 Å². The molecule has 0 aliphatic rings. The second kappa shape index (κ2) is 51.8. The van der Waals surface area contributed by atoms with Gasteiger partial charge in [0.15, 0.2) is 10.3 Å². The largest absolute Gasteiger partial charge is 0.255 e. The van der Waals surface area contributed by atoms with E-state index >= 15 is 0 Å². The monoisotopic (exact) mass is 1920 g/mol. The van der Waals surface area contributed by atoms with Gasteiger partial charge in [0.2, 0.25) is 0 Å². The molecule has 0 aliphatic heterocycles. The Labute approximate surface area is 748 Å². The topological polar surface area (TPSA) is 193 Å². The number of aromatic nitrogens is 15. The predicted octanol–water partition coefficient (Wildman–Crippen LogP) is 23.0. The van der Waals surface area contributed by atoms with E-state index in [1.54, 1.807) is 52.8 Å². The van der Waals surface area contributed by atoms with Crippen LogP contribution >= 0.6 is 58.1 Å². The van der Waals surface area contributed by atoms with Crippen LogP contribution in [0, 0.1) is 0 Å². The fourth-order valence-corrected chi connectivity index (χ4v) is 33.2. The molecule has 11 heterocycles. The summed E-state index contributed by atoms with van der Waals surface area (Å²) in [6.45, 7) is 6.98. The third-order valence-electron chi connectivity index (χ3n) is 18.9. The van der Waals surface area contributed by atoms with Gasteiger partial charge in [-0.25, -0.2) is 9.97 Å². The van der Waals surface area contributed by atoms with Gasteiger partial charge >= 0.3 is 159 Å². The van der Waals surface area contributed by atoms with Gasteiger partial charge in [0.25, 0.3) is 0 Å². The maximum Gasteiger partial charge on any atom is 0.111 e. The van der Waals surface area contributed by atoms with Gasteiger partial charge < -0.3 is 0 Å². The van der Waals surface area contributed by atoms with Crippen LogP contribution in [0.25, 0.3) is 79.7 Å². The quantitative estimate of drug-likeness (QED) is 0.0433. The summed E-state index contributed by atoms with van der Waals surface area (Å²) in [6.07, 6.45) is 17.3. The minimum atomic E-state index is -2.21. The van der Waals surface area contributed by atoms with Gasteiger partial charge in [-0.1, -0.05) is 242 Å². The third kappa shape index (κ3) is 28.9. The SMILES string of the molecule is CCC[CH2][Sn]([CH2]CCC)([CH2]CCC)[c]1ccccn1.Clc1ccc(-c2cccc(-c3ccc(Cl)nn3)n2)nn1.[Cl][Pd][Cl].c1ccc(-c2ccc(-c3cccc(-c4ccc(-c5ccccn5)nn4)n3)nn2)nc1.c1ccc(-c2ccccn2)nc1.c1ccc(P(c2ccccc2)c2ccccc2)cc1.c1ccc(P(c2ccccc2)c2ccccc2)cc1. The third-order valence-corrected chi connectivity index (χ3v) is 39.4. The molecule has 0 N–H and O–H groups in total. The summed E-state index contributed by atoms with van der Waals surface area (Å²) in [6, 6.07) is 120. The van der Waals surface area contributed by atoms with Crippen LogP contribution in [-0.2, 0) is 15.9 Å². The van der Waals surface area contributed by atoms with Crippen molar-refractivity contribution >= 4 is 112 Å². The molecule has 6 aromatic carbocycles. The Morgan fingerprint density at radius 1 is 0.230 bits per heavy atom. The number of hydrogen-bond donors (Lipinski definition) is 0. The zero-order valence-electron chi connectivity index (χ0n) is 67.7. The molecule has 0 fully saturated rings. The summed E-state index contributed by atoms with van der Waals surface area (Å²) < 4.78 is 6.10. The van der Waals surface area contributed by atoms with Crippen LogP contribution in [0.2, 0.25) is 23.6 Å². The Morgan fingerprint density at radius 2 is 0.443 bits per heavy atom. The number of rotatable bonds is 23. The smallest absolute Gasteiger partial charge is 0.111 e. The molecule has 122 heavy (non-hydrogen) atoms. The van der Waals surface area contributed by atoms with E-state index < -0.39 is 34.2 Å². The number of benzene rings is 6. The first kappa shape index (κ1) is 91.9. The number of hydrogen-bond acceptors (Lipinski definition) is 15. The first-order chi connectivity index (χ1) is 60.2. The molecule has 0 atom stereocenters. The van der Waals surface area contributed by atoms with Crippen LogP contribution in [0.5, 0.6) is 0 Å². The molecule has 0 unspecified atom stereocenters. The first-order valence-electron chi connectivity index (χ1n) is 40.1. The van der Waals surface area contributed by atoms with E-state index in [2.05, 4.69) is 292 Å². The molecule has 0 bridgehead atoms. The Balaban J connectivity index is 0.000000144. The molecule has 0 saturated carbocycles. The summed E-state index contributed by atoms with van der Waals surface area (Å²) in [5, 5.41) is 41.9. The molecule has 0 amide bonds. The number of unbranched alkanes of at least 4 members (excludes halogenated alkanes) is 3. The van der Waals surface area contributed by atoms with E-state index in [1.165, 1.54) is 83.7 Å². The standard InChI is InChI=1S/C23H15N7.2C18H15P.C13H7Cl2N5.C10H8N2.C5H4N.3C4H9.2ClH.Pd.Sn/c1-3-14-24-16(6-1)20-10-12-22(29-27-20)18-8-5-9-19(26-18)23-13-11-21(28-30-23)17-7-2-4-15-25-17;2*1-4-10-16(11-5-1)19(17-12-6-2-7-13-17)18-14-8-3-9-15-18;14-12-6-4-10(17-19-12)8-2-1-3-9(16-8)11-5-7-13(15)20-18-11;1-3-7-11-9(5-1)10-6-2-4-8-12-10;1-2-4-6-5-3-1;3*1-3-4-2;;;;/h1-15H;2*1-15H;1-7H;1-8H;1-4H;3*1,3-4H2,2H3;2*1H;;/q;;;;;;;;;;;+2;/p-2. The van der Waals surface area contributed by atoms with Crippen LogP contribution in [0.15, 0.2) is 389 Å². The maximum absolute atomic E-state index is 5.72. The van der Waals surface area contributed by atoms with Crippen molar-refractivity contribution < 1.29 is 15.9 Å². The van der Waals surface area contributed by atoms with Gasteiger partial charge in [-0.2, -0.15) is 0 Å². The van der Waals surface area contributed by atoms with Crippen LogP contribution in [0.3, 0.4) is 0 Å². The molecule has 0 aliphatic carbocycles. The predicted molar refractivity (Wildman–Crippen MR) is 507 cm³/mol. The second-order valence-corrected chi connectivity index (χ2v) is 47.9. The van der Waals surface area contributed by atoms with Gasteiger partial charge in [-0.3, -0.25) is 19.9 Å². The fraction of sp³-hybridized carbons (Fsp3) is 0.121. The van der Waals surface area contributed by atoms with Gasteiger partial charge in [-0.05, 0) is 169 Å². The van der Waals surface area contributed by atoms with E-state index in [4.69, 9.17) is 47.2 Å². The first-order valence-corrected chi connectivity index (χ1v) is 55.0. The van der Waals surface area contributed by atoms with Crippen molar-refractivity contribution in [2.24, 2.45) is 0 Å². The summed E-state index contributed by atoms with van der Waals surface area (Å²) in [5.74, 6) is 0. The van der Waals surface area contributed by atoms with Crippen molar-refractivity contribution in [1.29, 1.82) is 0 Å². The average Bonchev–Trinajstić information content (AvgIpc) is 0.837. The average molecular weight is 1920 g/mol. The Hall–Kier alpha value is -10.8. The van der Waals surface area contributed by atoms with E-state index in [1.807, 2.05) is 140 Å². The molecule has 17 rings (SSSR count). The van der Waals surface area contributed by atoms with Crippen LogP contribution in [-0.4, -0.2) is 94.1 Å². The van der Waals surface area contributed by atoms with Crippen LogP contribution < -0.4 is 35.5 Å². The van der Waals surface area contributed by atoms with E-state index in [0.717, 1.165) is 22.8 Å². The molecule has 0 saturated heterocycles. The van der Waals surface area contributed by atoms with Crippen molar-refractivity contribution in [2.45, 2.75) is 72.6 Å². The van der Waals surface area contributed by atoms with Crippen LogP contribution in [0.1, 0.15) is 59.3 Å². The second-order valence-electron chi connectivity index (χ2n) is 27.3. The molecular weight excluding hydrogens is 1830 g/mol. The minimum absolute atomic E-state index is 0.106. The normalized spacial score (nSPS) is 10.6. The Kier molecular flexibility index (Phi) is 39.0. The summed E-state index contributed by atoms with van der Waals surface area (Å²) in [4.78, 5) is 30.9. The van der Waals surface area contributed by atoms with Gasteiger partial charge in [-0.15, -0.1) is 40.8 Å². The Morgan fingerprint density at radius 3 is 0.656 bits per heavy atom. The summed E-state index contributed by atoms with van der Waals surface area (Å²) >= 11 is 9.12. The zero-order valence-corrected chi connectivity index (χ0v) is 77.0. The van der Waals surface area contributed by atoms with Gasteiger partial charge in [0.1, 0.15) is 34.2 Å².